The highest BCUT2D eigenvalue weighted by Gasteiger charge is 2.54. The lowest BCUT2D eigenvalue weighted by Gasteiger charge is -2.37. The molecule has 0 unspecified atom stereocenters. The van der Waals surface area contributed by atoms with Crippen molar-refractivity contribution in [1.82, 2.24) is 0 Å². The van der Waals surface area contributed by atoms with Gasteiger partial charge in [-0.05, 0) is 55.0 Å². The number of esters is 1. The third-order valence-electron chi connectivity index (χ3n) is 8.12. The van der Waals surface area contributed by atoms with Gasteiger partial charge in [0.2, 0.25) is 0 Å². The zero-order valence-electron chi connectivity index (χ0n) is 23.7. The summed E-state index contributed by atoms with van der Waals surface area (Å²) < 4.78 is 24.6. The monoisotopic (exact) mass is 528 g/mol. The fourth-order valence-corrected chi connectivity index (χ4v) is 6.07. The molecule has 0 bridgehead atoms. The highest BCUT2D eigenvalue weighted by molar-refractivity contribution is 5.97. The first-order valence-corrected chi connectivity index (χ1v) is 14.5. The van der Waals surface area contributed by atoms with Gasteiger partial charge in [-0.25, -0.2) is 4.79 Å². The molecule has 1 spiro atoms. The Balaban J connectivity index is 1.68. The van der Waals surface area contributed by atoms with Gasteiger partial charge in [0, 0.05) is 28.8 Å². The maximum atomic E-state index is 13.4. The summed E-state index contributed by atoms with van der Waals surface area (Å²) in [6.07, 6.45) is 11.0. The van der Waals surface area contributed by atoms with E-state index in [1.807, 2.05) is 36.4 Å². The normalized spacial score (nSPS) is 14.3. The fourth-order valence-electron chi connectivity index (χ4n) is 6.07. The summed E-state index contributed by atoms with van der Waals surface area (Å²) in [5, 5.41) is 0. The van der Waals surface area contributed by atoms with Crippen molar-refractivity contribution in [2.45, 2.75) is 83.7 Å². The lowest BCUT2D eigenvalue weighted by atomic mass is 9.76. The van der Waals surface area contributed by atoms with Crippen molar-refractivity contribution in [2.75, 3.05) is 14.2 Å². The van der Waals surface area contributed by atoms with Crippen molar-refractivity contribution in [3.05, 3.63) is 81.9 Å². The van der Waals surface area contributed by atoms with Crippen LogP contribution in [0.15, 0.2) is 48.5 Å². The summed E-state index contributed by atoms with van der Waals surface area (Å²) in [5.41, 5.74) is 4.26. The number of ether oxygens (including phenoxy) is 4. The van der Waals surface area contributed by atoms with Gasteiger partial charge in [0.1, 0.15) is 23.0 Å². The average molecular weight is 529 g/mol. The molecule has 0 saturated heterocycles. The molecule has 0 atom stereocenters. The zero-order valence-corrected chi connectivity index (χ0v) is 23.7. The Morgan fingerprint density at radius 2 is 1.23 bits per heavy atom. The maximum Gasteiger partial charge on any atom is 0.340 e. The molecule has 0 aliphatic carbocycles. The van der Waals surface area contributed by atoms with Gasteiger partial charge in [-0.2, -0.15) is 0 Å². The van der Waals surface area contributed by atoms with Crippen LogP contribution in [0.25, 0.3) is 0 Å². The quantitative estimate of drug-likeness (QED) is 0.174. The molecule has 0 amide bonds. The van der Waals surface area contributed by atoms with Crippen LogP contribution in [0.3, 0.4) is 0 Å². The van der Waals surface area contributed by atoms with Crippen molar-refractivity contribution in [3.63, 3.8) is 0 Å². The lowest BCUT2D eigenvalue weighted by Crippen LogP contribution is -2.33. The largest absolute Gasteiger partial charge is 0.496 e. The first kappa shape index (κ1) is 27.1. The highest BCUT2D eigenvalue weighted by atomic mass is 16.6. The average Bonchev–Trinajstić information content (AvgIpc) is 3.26. The highest BCUT2D eigenvalue weighted by Crippen LogP contribution is 2.58. The topological polar surface area (TPSA) is 54.0 Å². The minimum absolute atomic E-state index is 0.315. The number of hydrogen-bond donors (Lipinski definition) is 0. The predicted octanol–water partition coefficient (Wildman–Crippen LogP) is 8.52. The third kappa shape index (κ3) is 4.88. The molecule has 2 aliphatic heterocycles. The van der Waals surface area contributed by atoms with Crippen LogP contribution in [-0.4, -0.2) is 20.2 Å². The Hall–Kier alpha value is -3.47. The van der Waals surface area contributed by atoms with Crippen molar-refractivity contribution < 1.29 is 23.7 Å². The number of rotatable bonds is 12. The lowest BCUT2D eigenvalue weighted by molar-refractivity contribution is 0.0223. The number of unbranched alkanes of at least 4 members (excludes halogenated alkanes) is 6. The maximum absolute atomic E-state index is 13.4. The molecule has 3 aromatic carbocycles. The van der Waals surface area contributed by atoms with Crippen LogP contribution in [0.4, 0.5) is 0 Å². The molecule has 39 heavy (non-hydrogen) atoms. The van der Waals surface area contributed by atoms with Gasteiger partial charge >= 0.3 is 5.97 Å². The first-order chi connectivity index (χ1) is 19.1. The summed E-state index contributed by atoms with van der Waals surface area (Å²) in [6.45, 7) is 4.44. The van der Waals surface area contributed by atoms with E-state index in [-0.39, 0.29) is 5.97 Å². The summed E-state index contributed by atoms with van der Waals surface area (Å²) in [7, 11) is 3.39. The number of carbonyl (C=O) groups is 1. The molecule has 2 aliphatic rings. The minimum Gasteiger partial charge on any atom is -0.496 e. The summed E-state index contributed by atoms with van der Waals surface area (Å²) >= 11 is 0. The molecule has 5 rings (SSSR count). The number of aryl methyl sites for hydroxylation is 2. The predicted molar refractivity (Wildman–Crippen MR) is 153 cm³/mol. The van der Waals surface area contributed by atoms with Crippen LogP contribution in [0.2, 0.25) is 0 Å². The van der Waals surface area contributed by atoms with Crippen LogP contribution in [0.5, 0.6) is 23.0 Å². The second-order valence-corrected chi connectivity index (χ2v) is 10.7. The number of methoxy groups -OCH3 is 2. The van der Waals surface area contributed by atoms with Crippen LogP contribution in [0.1, 0.15) is 103 Å². The Morgan fingerprint density at radius 1 is 0.692 bits per heavy atom. The van der Waals surface area contributed by atoms with Crippen molar-refractivity contribution in [3.8, 4) is 23.0 Å². The Kier molecular flexibility index (Phi) is 8.15. The van der Waals surface area contributed by atoms with Crippen molar-refractivity contribution in [2.24, 2.45) is 0 Å². The van der Waals surface area contributed by atoms with E-state index in [1.165, 1.54) is 38.5 Å². The van der Waals surface area contributed by atoms with Crippen LogP contribution in [-0.2, 0) is 23.2 Å². The Morgan fingerprint density at radius 3 is 1.74 bits per heavy atom. The van der Waals surface area contributed by atoms with E-state index in [1.54, 1.807) is 14.2 Å². The van der Waals surface area contributed by atoms with Gasteiger partial charge in [0.05, 0.1) is 19.8 Å². The summed E-state index contributed by atoms with van der Waals surface area (Å²) in [6, 6.07) is 15.9. The Bertz CT molecular complexity index is 1270. The first-order valence-electron chi connectivity index (χ1n) is 14.5. The molecule has 3 aromatic rings. The summed E-state index contributed by atoms with van der Waals surface area (Å²) in [4.78, 5) is 13.4. The van der Waals surface area contributed by atoms with E-state index in [2.05, 4.69) is 26.0 Å². The molecule has 0 aromatic heterocycles. The van der Waals surface area contributed by atoms with Crippen LogP contribution in [0, 0.1) is 0 Å². The fraction of sp³-hybridized carbons (Fsp3) is 0.441. The molecule has 5 nitrogen and oxygen atoms in total. The number of benzene rings is 3. The van der Waals surface area contributed by atoms with Gasteiger partial charge < -0.3 is 18.9 Å². The van der Waals surface area contributed by atoms with Crippen LogP contribution < -0.4 is 14.2 Å². The van der Waals surface area contributed by atoms with Gasteiger partial charge in [0.15, 0.2) is 5.60 Å². The third-order valence-corrected chi connectivity index (χ3v) is 8.12. The van der Waals surface area contributed by atoms with E-state index < -0.39 is 5.60 Å². The molecule has 0 N–H and O–H groups in total. The number of hydrogen-bond acceptors (Lipinski definition) is 5. The standard InChI is InChI=1S/C34H40O5/c1-5-7-9-11-15-23-19-27-31(21-29(23)36-3)38-32-22-30(37-4)24(16-12-10-8-6-2)20-28(32)34(27)26-18-14-13-17-25(26)33(35)39-34/h13-14,17-22H,5-12,15-16H2,1-4H3. The number of carbonyl (C=O) groups excluding carboxylic acids is 1. The van der Waals surface area contributed by atoms with E-state index >= 15 is 0 Å². The van der Waals surface area contributed by atoms with E-state index in [0.29, 0.717) is 17.1 Å². The molecule has 0 fully saturated rings. The number of fused-ring (bicyclic) bond motifs is 6. The molecule has 206 valence electrons. The summed E-state index contributed by atoms with van der Waals surface area (Å²) in [5.74, 6) is 2.55. The molecule has 0 saturated carbocycles. The zero-order chi connectivity index (χ0) is 27.4. The molecular weight excluding hydrogens is 488 g/mol. The van der Waals surface area contributed by atoms with Crippen LogP contribution >= 0.6 is 0 Å². The minimum atomic E-state index is -1.09. The van der Waals surface area contributed by atoms with Gasteiger partial charge in [-0.3, -0.25) is 0 Å². The van der Waals surface area contributed by atoms with E-state index in [4.69, 9.17) is 18.9 Å². The van der Waals surface area contributed by atoms with Crippen molar-refractivity contribution in [1.29, 1.82) is 0 Å². The second-order valence-electron chi connectivity index (χ2n) is 10.7. The van der Waals surface area contributed by atoms with Crippen molar-refractivity contribution >= 4 is 5.97 Å². The van der Waals surface area contributed by atoms with E-state index in [9.17, 15) is 4.79 Å². The van der Waals surface area contributed by atoms with E-state index in [0.717, 1.165) is 65.0 Å². The molecular formula is C34H40O5. The molecule has 2 heterocycles. The van der Waals surface area contributed by atoms with Gasteiger partial charge in [-0.1, -0.05) is 70.6 Å². The smallest absolute Gasteiger partial charge is 0.340 e. The Labute approximate surface area is 232 Å². The SMILES string of the molecule is CCCCCCc1cc2c(cc1OC)Oc1cc(OC)c(CCCCCC)cc1C21OC(=O)c2ccccc21. The van der Waals surface area contributed by atoms with Gasteiger partial charge in [0.25, 0.3) is 0 Å². The molecule has 0 radical (unpaired) electrons. The molecule has 5 heteroatoms. The second kappa shape index (κ2) is 11.7. The van der Waals surface area contributed by atoms with Gasteiger partial charge in [-0.15, -0.1) is 0 Å².